The van der Waals surface area contributed by atoms with Crippen LogP contribution in [0.2, 0.25) is 0 Å². The lowest BCUT2D eigenvalue weighted by Gasteiger charge is -2.34. The van der Waals surface area contributed by atoms with E-state index in [1.165, 1.54) is 0 Å². The van der Waals surface area contributed by atoms with Gasteiger partial charge in [-0.25, -0.2) is 0 Å². The molecular formula is C13H24N2O2. The van der Waals surface area contributed by atoms with E-state index in [-0.39, 0.29) is 11.9 Å². The molecule has 0 radical (unpaired) electrons. The molecule has 0 aliphatic heterocycles. The molecule has 1 unspecified atom stereocenters. The summed E-state index contributed by atoms with van der Waals surface area (Å²) in [6.45, 7) is 8.75. The highest BCUT2D eigenvalue weighted by molar-refractivity contribution is 5.85. The Balaban J connectivity index is 5.03. The van der Waals surface area contributed by atoms with Crippen LogP contribution in [0.25, 0.3) is 0 Å². The molecule has 0 spiro atoms. The van der Waals surface area contributed by atoms with E-state index in [1.807, 2.05) is 27.7 Å². The Kier molecular flexibility index (Phi) is 6.82. The second-order valence-electron chi connectivity index (χ2n) is 4.30. The molecule has 0 heterocycles. The lowest BCUT2D eigenvalue weighted by Crippen LogP contribution is -2.48. The van der Waals surface area contributed by atoms with E-state index in [9.17, 15) is 10.1 Å². The Hall–Kier alpha value is -1.08. The molecule has 0 saturated carbocycles. The number of rotatable bonds is 7. The molecule has 0 aliphatic rings. The van der Waals surface area contributed by atoms with Gasteiger partial charge in [-0.3, -0.25) is 4.79 Å². The Morgan fingerprint density at radius 3 is 2.24 bits per heavy atom. The van der Waals surface area contributed by atoms with Crippen molar-refractivity contribution in [3.05, 3.63) is 0 Å². The van der Waals surface area contributed by atoms with Crippen LogP contribution in [-0.4, -0.2) is 37.1 Å². The fourth-order valence-electron chi connectivity index (χ4n) is 2.02. The molecule has 17 heavy (non-hydrogen) atoms. The molecule has 0 aromatic heterocycles. The van der Waals surface area contributed by atoms with E-state index in [4.69, 9.17) is 4.74 Å². The smallest absolute Gasteiger partial charge is 0.243 e. The third-order valence-electron chi connectivity index (χ3n) is 3.37. The van der Waals surface area contributed by atoms with Gasteiger partial charge in [-0.1, -0.05) is 13.8 Å². The molecule has 4 heteroatoms. The molecule has 0 bridgehead atoms. The number of hydrogen-bond donors (Lipinski definition) is 0. The van der Waals surface area contributed by atoms with Gasteiger partial charge in [-0.15, -0.1) is 0 Å². The van der Waals surface area contributed by atoms with E-state index >= 15 is 0 Å². The Morgan fingerprint density at radius 1 is 1.41 bits per heavy atom. The molecule has 4 nitrogen and oxygen atoms in total. The summed E-state index contributed by atoms with van der Waals surface area (Å²) in [6, 6.07) is 2.20. The summed E-state index contributed by atoms with van der Waals surface area (Å²) in [7, 11) is 1.62. The van der Waals surface area contributed by atoms with Crippen molar-refractivity contribution < 1.29 is 9.53 Å². The van der Waals surface area contributed by atoms with Gasteiger partial charge in [0.05, 0.1) is 18.7 Å². The van der Waals surface area contributed by atoms with Gasteiger partial charge < -0.3 is 9.64 Å². The molecule has 1 atom stereocenters. The highest BCUT2D eigenvalue weighted by Gasteiger charge is 2.39. The van der Waals surface area contributed by atoms with Gasteiger partial charge in [0.15, 0.2) is 0 Å². The van der Waals surface area contributed by atoms with Gasteiger partial charge in [0.2, 0.25) is 5.91 Å². The first kappa shape index (κ1) is 15.9. The van der Waals surface area contributed by atoms with Crippen molar-refractivity contribution in [2.24, 2.45) is 5.41 Å². The molecule has 0 aromatic rings. The van der Waals surface area contributed by atoms with Gasteiger partial charge in [-0.05, 0) is 26.7 Å². The average molecular weight is 240 g/mol. The first-order valence-electron chi connectivity index (χ1n) is 6.24. The van der Waals surface area contributed by atoms with E-state index in [2.05, 4.69) is 6.07 Å². The SMILES string of the molecule is CCN(C(=O)C(C#N)(CC)CC)C(C)COC. The maximum atomic E-state index is 12.5. The fourth-order valence-corrected chi connectivity index (χ4v) is 2.02. The van der Waals surface area contributed by atoms with Crippen LogP contribution >= 0.6 is 0 Å². The van der Waals surface area contributed by atoms with Crippen molar-refractivity contribution in [1.29, 1.82) is 5.26 Å². The predicted octanol–water partition coefficient (Wildman–Crippen LogP) is 2.20. The number of nitrogens with zero attached hydrogens (tertiary/aromatic N) is 2. The van der Waals surface area contributed by atoms with Gasteiger partial charge in [0, 0.05) is 13.7 Å². The highest BCUT2D eigenvalue weighted by atomic mass is 16.5. The van der Waals surface area contributed by atoms with Crippen molar-refractivity contribution >= 4 is 5.91 Å². The monoisotopic (exact) mass is 240 g/mol. The zero-order valence-electron chi connectivity index (χ0n) is 11.6. The molecule has 1 amide bonds. The number of nitriles is 1. The lowest BCUT2D eigenvalue weighted by molar-refractivity contribution is -0.142. The van der Waals surface area contributed by atoms with Gasteiger partial charge >= 0.3 is 0 Å². The fraction of sp³-hybridized carbons (Fsp3) is 0.846. The minimum Gasteiger partial charge on any atom is -0.383 e. The van der Waals surface area contributed by atoms with Crippen LogP contribution < -0.4 is 0 Å². The molecule has 0 aromatic carbocycles. The maximum absolute atomic E-state index is 12.5. The van der Waals surface area contributed by atoms with Crippen molar-refractivity contribution in [1.82, 2.24) is 4.90 Å². The van der Waals surface area contributed by atoms with Gasteiger partial charge in [0.1, 0.15) is 5.41 Å². The molecule has 0 fully saturated rings. The summed E-state index contributed by atoms with van der Waals surface area (Å²) in [5.41, 5.74) is -0.877. The standard InChI is InChI=1S/C13H24N2O2/c1-6-13(7-2,10-14)12(16)15(8-3)11(4)9-17-5/h11H,6-9H2,1-5H3. The number of carbonyl (C=O) groups excluding carboxylic acids is 1. The Bertz CT molecular complexity index is 280. The minimum absolute atomic E-state index is 0.00308. The first-order chi connectivity index (χ1) is 8.02. The normalized spacial score (nSPS) is 12.9. The maximum Gasteiger partial charge on any atom is 0.243 e. The molecule has 98 valence electrons. The van der Waals surface area contributed by atoms with E-state index < -0.39 is 5.41 Å². The number of amides is 1. The summed E-state index contributed by atoms with van der Waals surface area (Å²) in [5, 5.41) is 9.27. The van der Waals surface area contributed by atoms with Crippen LogP contribution in [0.4, 0.5) is 0 Å². The zero-order valence-corrected chi connectivity index (χ0v) is 11.6. The molecular weight excluding hydrogens is 216 g/mol. The van der Waals surface area contributed by atoms with Crippen LogP contribution in [0.5, 0.6) is 0 Å². The Morgan fingerprint density at radius 2 is 1.94 bits per heavy atom. The quantitative estimate of drug-likeness (QED) is 0.685. The van der Waals surface area contributed by atoms with Crippen molar-refractivity contribution in [3.8, 4) is 6.07 Å². The summed E-state index contributed by atoms with van der Waals surface area (Å²) in [6.07, 6.45) is 1.10. The van der Waals surface area contributed by atoms with Gasteiger partial charge in [0.25, 0.3) is 0 Å². The first-order valence-corrected chi connectivity index (χ1v) is 6.24. The van der Waals surface area contributed by atoms with Crippen molar-refractivity contribution in [2.75, 3.05) is 20.3 Å². The third-order valence-corrected chi connectivity index (χ3v) is 3.37. The van der Waals surface area contributed by atoms with E-state index in [0.29, 0.717) is 26.0 Å². The number of likely N-dealkylation sites (N-methyl/N-ethyl adjacent to an activating group) is 1. The highest BCUT2D eigenvalue weighted by Crippen LogP contribution is 2.28. The van der Waals surface area contributed by atoms with Crippen LogP contribution in [0.15, 0.2) is 0 Å². The summed E-state index contributed by atoms with van der Waals surface area (Å²) in [5.74, 6) is -0.0722. The molecule has 0 rings (SSSR count). The second-order valence-corrected chi connectivity index (χ2v) is 4.30. The summed E-state index contributed by atoms with van der Waals surface area (Å²) in [4.78, 5) is 14.2. The van der Waals surface area contributed by atoms with Crippen molar-refractivity contribution in [3.63, 3.8) is 0 Å². The van der Waals surface area contributed by atoms with Crippen LogP contribution in [0, 0.1) is 16.7 Å². The largest absolute Gasteiger partial charge is 0.383 e. The second kappa shape index (κ2) is 7.29. The molecule has 0 N–H and O–H groups in total. The van der Waals surface area contributed by atoms with E-state index in [0.717, 1.165) is 0 Å². The summed E-state index contributed by atoms with van der Waals surface area (Å²) >= 11 is 0. The lowest BCUT2D eigenvalue weighted by atomic mass is 9.82. The molecule has 0 saturated heterocycles. The topological polar surface area (TPSA) is 53.3 Å². The third kappa shape index (κ3) is 3.44. The number of methoxy groups -OCH3 is 1. The van der Waals surface area contributed by atoms with Crippen LogP contribution in [0.3, 0.4) is 0 Å². The van der Waals surface area contributed by atoms with Crippen LogP contribution in [0.1, 0.15) is 40.5 Å². The average Bonchev–Trinajstić information content (AvgIpc) is 2.33. The molecule has 0 aliphatic carbocycles. The summed E-state index contributed by atoms with van der Waals surface area (Å²) < 4.78 is 5.07. The Labute approximate surface area is 105 Å². The van der Waals surface area contributed by atoms with Crippen LogP contribution in [-0.2, 0) is 9.53 Å². The number of carbonyl (C=O) groups is 1. The number of hydrogen-bond acceptors (Lipinski definition) is 3. The predicted molar refractivity (Wildman–Crippen MR) is 67.4 cm³/mol. The van der Waals surface area contributed by atoms with E-state index in [1.54, 1.807) is 12.0 Å². The van der Waals surface area contributed by atoms with Crippen molar-refractivity contribution in [2.45, 2.75) is 46.6 Å². The zero-order chi connectivity index (χ0) is 13.5. The minimum atomic E-state index is -0.877. The number of ether oxygens (including phenoxy) is 1. The van der Waals surface area contributed by atoms with Gasteiger partial charge in [-0.2, -0.15) is 5.26 Å².